The van der Waals surface area contributed by atoms with Crippen molar-refractivity contribution in [2.45, 2.75) is 10.2 Å². The first-order chi connectivity index (χ1) is 8.11. The monoisotopic (exact) mass is 257 g/mol. The summed E-state index contributed by atoms with van der Waals surface area (Å²) in [6.45, 7) is 0. The van der Waals surface area contributed by atoms with E-state index in [1.807, 2.05) is 0 Å². The molecule has 0 spiro atoms. The normalized spacial score (nSPS) is 10.5. The van der Waals surface area contributed by atoms with E-state index in [1.165, 1.54) is 11.6 Å². The molecule has 2 aromatic heterocycles. The third kappa shape index (κ3) is 2.26. The topological polar surface area (TPSA) is 115 Å². The Labute approximate surface area is 98.4 Å². The molecule has 8 nitrogen and oxygen atoms in total. The van der Waals surface area contributed by atoms with Crippen molar-refractivity contribution < 1.29 is 4.39 Å². The zero-order valence-electron chi connectivity index (χ0n) is 8.64. The Hall–Kier alpha value is -1.94. The summed E-state index contributed by atoms with van der Waals surface area (Å²) in [4.78, 5) is 18.5. The predicted molar refractivity (Wildman–Crippen MR) is 57.8 cm³/mol. The van der Waals surface area contributed by atoms with E-state index in [4.69, 9.17) is 5.84 Å². The van der Waals surface area contributed by atoms with Crippen molar-refractivity contribution in [3.05, 3.63) is 22.5 Å². The van der Waals surface area contributed by atoms with E-state index in [-0.39, 0.29) is 21.8 Å². The van der Waals surface area contributed by atoms with Gasteiger partial charge in [0.2, 0.25) is 5.95 Å². The molecule has 0 aliphatic heterocycles. The van der Waals surface area contributed by atoms with Crippen LogP contribution in [0.1, 0.15) is 0 Å². The van der Waals surface area contributed by atoms with Gasteiger partial charge in [-0.05, 0) is 11.8 Å². The van der Waals surface area contributed by atoms with Crippen LogP contribution < -0.4 is 17.0 Å². The Morgan fingerprint density at radius 1 is 1.65 bits per heavy atom. The summed E-state index contributed by atoms with van der Waals surface area (Å²) in [7, 11) is 1.51. The van der Waals surface area contributed by atoms with Gasteiger partial charge >= 0.3 is 5.69 Å². The molecule has 0 radical (unpaired) electrons. The summed E-state index contributed by atoms with van der Waals surface area (Å²) in [5, 5.41) is 6.26. The number of nitrogens with one attached hydrogen (secondary N) is 2. The number of hydrogen-bond acceptors (Lipinski definition) is 7. The fourth-order valence-corrected chi connectivity index (χ4v) is 1.77. The highest BCUT2D eigenvalue weighted by Crippen LogP contribution is 2.25. The van der Waals surface area contributed by atoms with Crippen molar-refractivity contribution in [2.24, 2.45) is 12.9 Å². The molecule has 4 N–H and O–H groups in total. The number of halogens is 1. The van der Waals surface area contributed by atoms with E-state index < -0.39 is 5.82 Å². The smallest absolute Gasteiger partial charge is 0.292 e. The SMILES string of the molecule is Cn1c(Sc2nc(NN)ncc2F)n[nH]c1=O. The summed E-state index contributed by atoms with van der Waals surface area (Å²) in [5.74, 6) is 4.57. The van der Waals surface area contributed by atoms with Crippen molar-refractivity contribution in [1.82, 2.24) is 24.7 Å². The van der Waals surface area contributed by atoms with E-state index in [0.29, 0.717) is 0 Å². The number of nitrogens with zero attached hydrogens (tertiary/aromatic N) is 4. The van der Waals surface area contributed by atoms with Gasteiger partial charge in [0.1, 0.15) is 5.03 Å². The first-order valence-electron chi connectivity index (χ1n) is 4.40. The van der Waals surface area contributed by atoms with Gasteiger partial charge in [0.15, 0.2) is 11.0 Å². The molecule has 90 valence electrons. The number of aromatic amines is 1. The maximum Gasteiger partial charge on any atom is 0.343 e. The van der Waals surface area contributed by atoms with E-state index >= 15 is 0 Å². The number of aromatic nitrogens is 5. The Bertz CT molecular complexity index is 594. The molecule has 10 heteroatoms. The second-order valence-corrected chi connectivity index (χ2v) is 3.92. The van der Waals surface area contributed by atoms with E-state index in [9.17, 15) is 9.18 Å². The van der Waals surface area contributed by atoms with Gasteiger partial charge in [-0.3, -0.25) is 9.99 Å². The molecule has 2 rings (SSSR count). The highest BCUT2D eigenvalue weighted by atomic mass is 32.2. The van der Waals surface area contributed by atoms with Gasteiger partial charge in [0.25, 0.3) is 0 Å². The lowest BCUT2D eigenvalue weighted by Gasteiger charge is -2.02. The van der Waals surface area contributed by atoms with Crippen LogP contribution in [0.5, 0.6) is 0 Å². The Morgan fingerprint density at radius 2 is 2.41 bits per heavy atom. The molecule has 0 saturated heterocycles. The lowest BCUT2D eigenvalue weighted by molar-refractivity contribution is 0.579. The molecule has 0 amide bonds. The van der Waals surface area contributed by atoms with Crippen LogP contribution in [0.4, 0.5) is 10.3 Å². The molecular formula is C7H8FN7OS. The summed E-state index contributed by atoms with van der Waals surface area (Å²) in [6, 6.07) is 0. The van der Waals surface area contributed by atoms with Crippen LogP contribution in [0.15, 0.2) is 21.2 Å². The molecule has 0 saturated carbocycles. The minimum absolute atomic E-state index is 0.0232. The Morgan fingerprint density at radius 3 is 3.00 bits per heavy atom. The first-order valence-corrected chi connectivity index (χ1v) is 5.22. The van der Waals surface area contributed by atoms with Gasteiger partial charge in [-0.25, -0.2) is 30.1 Å². The number of hydrogen-bond donors (Lipinski definition) is 3. The Balaban J connectivity index is 2.35. The molecule has 0 aliphatic carbocycles. The summed E-state index contributed by atoms with van der Waals surface area (Å²) < 4.78 is 14.6. The average molecular weight is 257 g/mol. The number of anilines is 1. The summed E-state index contributed by atoms with van der Waals surface area (Å²) in [5.41, 5.74) is 1.81. The number of nitrogens with two attached hydrogens (primary N) is 1. The second kappa shape index (κ2) is 4.51. The summed E-state index contributed by atoms with van der Waals surface area (Å²) in [6.07, 6.45) is 0.981. The van der Waals surface area contributed by atoms with Gasteiger partial charge in [-0.1, -0.05) is 0 Å². The van der Waals surface area contributed by atoms with Crippen molar-refractivity contribution in [1.29, 1.82) is 0 Å². The fraction of sp³-hybridized carbons (Fsp3) is 0.143. The minimum Gasteiger partial charge on any atom is -0.292 e. The molecule has 0 unspecified atom stereocenters. The van der Waals surface area contributed by atoms with E-state index in [1.54, 1.807) is 0 Å². The number of H-pyrrole nitrogens is 1. The van der Waals surface area contributed by atoms with Crippen LogP contribution in [0.2, 0.25) is 0 Å². The predicted octanol–water partition coefficient (Wildman–Crippen LogP) is -0.526. The van der Waals surface area contributed by atoms with Crippen LogP contribution in [0, 0.1) is 5.82 Å². The van der Waals surface area contributed by atoms with Crippen LogP contribution in [0.3, 0.4) is 0 Å². The number of hydrazine groups is 1. The minimum atomic E-state index is -0.621. The van der Waals surface area contributed by atoms with Crippen LogP contribution >= 0.6 is 11.8 Å². The van der Waals surface area contributed by atoms with Crippen molar-refractivity contribution >= 4 is 17.7 Å². The van der Waals surface area contributed by atoms with Gasteiger partial charge in [0, 0.05) is 7.05 Å². The molecule has 2 aromatic rings. The first kappa shape index (κ1) is 11.5. The molecule has 17 heavy (non-hydrogen) atoms. The third-order valence-corrected chi connectivity index (χ3v) is 2.90. The van der Waals surface area contributed by atoms with Crippen LogP contribution in [0.25, 0.3) is 0 Å². The van der Waals surface area contributed by atoms with Gasteiger partial charge in [-0.2, -0.15) is 0 Å². The van der Waals surface area contributed by atoms with Crippen LogP contribution in [-0.2, 0) is 7.05 Å². The zero-order chi connectivity index (χ0) is 12.4. The molecule has 0 aliphatic rings. The van der Waals surface area contributed by atoms with Crippen LogP contribution in [-0.4, -0.2) is 24.7 Å². The molecule has 0 bridgehead atoms. The highest BCUT2D eigenvalue weighted by molar-refractivity contribution is 7.99. The van der Waals surface area contributed by atoms with Gasteiger partial charge in [-0.15, -0.1) is 5.10 Å². The largest absolute Gasteiger partial charge is 0.343 e. The maximum atomic E-state index is 13.4. The average Bonchev–Trinajstić information content (AvgIpc) is 2.64. The highest BCUT2D eigenvalue weighted by Gasteiger charge is 2.12. The summed E-state index contributed by atoms with van der Waals surface area (Å²) >= 11 is 0.890. The van der Waals surface area contributed by atoms with E-state index in [2.05, 4.69) is 25.6 Å². The zero-order valence-corrected chi connectivity index (χ0v) is 9.45. The molecular weight excluding hydrogens is 249 g/mol. The molecule has 0 fully saturated rings. The van der Waals surface area contributed by atoms with E-state index in [0.717, 1.165) is 18.0 Å². The molecule has 0 aromatic carbocycles. The maximum absolute atomic E-state index is 13.4. The number of nitrogen functional groups attached to an aromatic ring is 1. The molecule has 0 atom stereocenters. The quantitative estimate of drug-likeness (QED) is 0.385. The standard InChI is InChI=1S/C7H8FN7OS/c1-15-6(16)13-14-7(15)17-4-3(8)2-10-5(11-4)12-9/h2H,9H2,1H3,(H,13,16)(H,10,11,12). The number of rotatable bonds is 3. The van der Waals surface area contributed by atoms with Crippen molar-refractivity contribution in [2.75, 3.05) is 5.43 Å². The Kier molecular flexibility index (Phi) is 3.06. The lowest BCUT2D eigenvalue weighted by Crippen LogP contribution is -2.13. The van der Waals surface area contributed by atoms with Gasteiger partial charge < -0.3 is 0 Å². The second-order valence-electron chi connectivity index (χ2n) is 2.96. The fourth-order valence-electron chi connectivity index (χ4n) is 1.00. The third-order valence-electron chi connectivity index (χ3n) is 1.87. The van der Waals surface area contributed by atoms with Crippen molar-refractivity contribution in [3.8, 4) is 0 Å². The molecule has 2 heterocycles. The lowest BCUT2D eigenvalue weighted by atomic mass is 10.6. The van der Waals surface area contributed by atoms with Gasteiger partial charge in [0.05, 0.1) is 6.20 Å². The van der Waals surface area contributed by atoms with Crippen molar-refractivity contribution in [3.63, 3.8) is 0 Å².